The van der Waals surface area contributed by atoms with Crippen molar-refractivity contribution in [3.8, 4) is 0 Å². The molecule has 1 aliphatic rings. The number of carboxylic acid groups (broad SMARTS) is 1. The standard InChI is InChI=1S/C10H12N4O5S/c1-13-6(15)3-2-5(8(13)18)14-9(19)11-12-10(14)20-4-7(16)17/h5H,2-4H2,1H3,(H,11,19)(H,16,17). The third kappa shape index (κ3) is 2.59. The molecule has 1 atom stereocenters. The number of piperidine rings is 1. The molecule has 20 heavy (non-hydrogen) atoms. The van der Waals surface area contributed by atoms with Crippen LogP contribution in [-0.4, -0.2) is 55.4 Å². The van der Waals surface area contributed by atoms with Crippen molar-refractivity contribution in [2.75, 3.05) is 12.8 Å². The Balaban J connectivity index is 2.30. The van der Waals surface area contributed by atoms with Crippen molar-refractivity contribution in [2.24, 2.45) is 0 Å². The second-order valence-electron chi connectivity index (χ2n) is 4.21. The molecule has 0 bridgehead atoms. The summed E-state index contributed by atoms with van der Waals surface area (Å²) in [6.07, 6.45) is 0.343. The SMILES string of the molecule is CN1C(=O)CCC(n2c(SCC(=O)O)n[nH]c2=O)C1=O. The highest BCUT2D eigenvalue weighted by Gasteiger charge is 2.35. The molecule has 2 heterocycles. The molecule has 1 fully saturated rings. The summed E-state index contributed by atoms with van der Waals surface area (Å²) in [4.78, 5) is 46.7. The van der Waals surface area contributed by atoms with E-state index < -0.39 is 23.6 Å². The van der Waals surface area contributed by atoms with Crippen LogP contribution in [0.25, 0.3) is 0 Å². The summed E-state index contributed by atoms with van der Waals surface area (Å²) < 4.78 is 1.11. The second kappa shape index (κ2) is 5.49. The van der Waals surface area contributed by atoms with Gasteiger partial charge in [-0.05, 0) is 6.42 Å². The first-order chi connectivity index (χ1) is 9.41. The largest absolute Gasteiger partial charge is 0.481 e. The van der Waals surface area contributed by atoms with Gasteiger partial charge in [-0.3, -0.25) is 23.9 Å². The number of hydrogen-bond donors (Lipinski definition) is 2. The Labute approximate surface area is 116 Å². The number of aliphatic carboxylic acids is 1. The molecule has 1 aliphatic heterocycles. The lowest BCUT2D eigenvalue weighted by Crippen LogP contribution is -2.45. The molecule has 2 N–H and O–H groups in total. The van der Waals surface area contributed by atoms with Gasteiger partial charge < -0.3 is 5.11 Å². The predicted molar refractivity (Wildman–Crippen MR) is 67.3 cm³/mol. The van der Waals surface area contributed by atoms with Crippen LogP contribution in [0.2, 0.25) is 0 Å². The van der Waals surface area contributed by atoms with E-state index >= 15 is 0 Å². The van der Waals surface area contributed by atoms with Crippen molar-refractivity contribution in [2.45, 2.75) is 24.0 Å². The van der Waals surface area contributed by atoms with E-state index in [1.165, 1.54) is 7.05 Å². The number of hydrogen-bond acceptors (Lipinski definition) is 6. The number of likely N-dealkylation sites (tertiary alicyclic amines) is 1. The molecular weight excluding hydrogens is 288 g/mol. The number of thioether (sulfide) groups is 1. The van der Waals surface area contributed by atoms with Gasteiger partial charge in [0, 0.05) is 13.5 Å². The average Bonchev–Trinajstić information content (AvgIpc) is 2.75. The summed E-state index contributed by atoms with van der Waals surface area (Å²) >= 11 is 0.839. The van der Waals surface area contributed by atoms with E-state index in [4.69, 9.17) is 5.11 Å². The number of rotatable bonds is 4. The molecule has 2 rings (SSSR count). The number of nitrogens with one attached hydrogen (secondary N) is 1. The number of H-pyrrole nitrogens is 1. The Morgan fingerprint density at radius 2 is 2.20 bits per heavy atom. The Bertz CT molecular complexity index is 621. The Morgan fingerprint density at radius 1 is 1.50 bits per heavy atom. The Hall–Kier alpha value is -2.10. The highest BCUT2D eigenvalue weighted by atomic mass is 32.2. The van der Waals surface area contributed by atoms with E-state index in [-0.39, 0.29) is 29.7 Å². The van der Waals surface area contributed by atoms with Crippen LogP contribution in [0.1, 0.15) is 18.9 Å². The van der Waals surface area contributed by atoms with Crippen LogP contribution in [-0.2, 0) is 14.4 Å². The maximum atomic E-state index is 12.1. The van der Waals surface area contributed by atoms with Gasteiger partial charge in [0.1, 0.15) is 6.04 Å². The van der Waals surface area contributed by atoms with E-state index in [1.807, 2.05) is 0 Å². The topological polar surface area (TPSA) is 125 Å². The molecule has 1 saturated heterocycles. The van der Waals surface area contributed by atoms with Crippen LogP contribution in [0.15, 0.2) is 9.95 Å². The summed E-state index contributed by atoms with van der Waals surface area (Å²) in [5.41, 5.74) is -0.598. The summed E-state index contributed by atoms with van der Waals surface area (Å²) in [5, 5.41) is 14.7. The minimum Gasteiger partial charge on any atom is -0.481 e. The number of amides is 2. The fourth-order valence-electron chi connectivity index (χ4n) is 1.93. The zero-order valence-electron chi connectivity index (χ0n) is 10.5. The lowest BCUT2D eigenvalue weighted by atomic mass is 10.0. The molecule has 1 unspecified atom stereocenters. The number of carboxylic acids is 1. The molecule has 9 nitrogen and oxygen atoms in total. The zero-order valence-corrected chi connectivity index (χ0v) is 11.3. The van der Waals surface area contributed by atoms with Gasteiger partial charge in [0.05, 0.1) is 5.75 Å². The van der Waals surface area contributed by atoms with Crippen molar-refractivity contribution >= 4 is 29.5 Å². The number of aromatic amines is 1. The number of aromatic nitrogens is 3. The smallest absolute Gasteiger partial charge is 0.344 e. The third-order valence-corrected chi connectivity index (χ3v) is 3.87. The molecule has 0 radical (unpaired) electrons. The molecule has 0 saturated carbocycles. The first kappa shape index (κ1) is 14.3. The van der Waals surface area contributed by atoms with Gasteiger partial charge in [-0.1, -0.05) is 11.8 Å². The van der Waals surface area contributed by atoms with Gasteiger partial charge in [0.2, 0.25) is 5.91 Å². The normalized spacial score (nSPS) is 19.4. The minimum absolute atomic E-state index is 0.124. The molecule has 2 amide bonds. The van der Waals surface area contributed by atoms with Crippen LogP contribution in [0, 0.1) is 0 Å². The maximum Gasteiger partial charge on any atom is 0.344 e. The third-order valence-electron chi connectivity index (χ3n) is 2.93. The van der Waals surface area contributed by atoms with Gasteiger partial charge in [-0.2, -0.15) is 0 Å². The lowest BCUT2D eigenvalue weighted by molar-refractivity contribution is -0.149. The van der Waals surface area contributed by atoms with E-state index in [2.05, 4.69) is 10.2 Å². The van der Waals surface area contributed by atoms with Crippen molar-refractivity contribution in [1.82, 2.24) is 19.7 Å². The lowest BCUT2D eigenvalue weighted by Gasteiger charge is -2.28. The highest BCUT2D eigenvalue weighted by molar-refractivity contribution is 7.99. The molecular formula is C10H12N4O5S. The molecule has 10 heteroatoms. The Morgan fingerprint density at radius 3 is 2.85 bits per heavy atom. The molecule has 108 valence electrons. The first-order valence-corrected chi connectivity index (χ1v) is 6.72. The summed E-state index contributed by atoms with van der Waals surface area (Å²) in [6.45, 7) is 0. The fraction of sp³-hybridized carbons (Fsp3) is 0.500. The minimum atomic E-state index is -1.06. The quantitative estimate of drug-likeness (QED) is 0.543. The number of likely N-dealkylation sites (N-methyl/N-ethyl adjacent to an activating group) is 1. The van der Waals surface area contributed by atoms with Crippen LogP contribution < -0.4 is 5.69 Å². The van der Waals surface area contributed by atoms with E-state index in [0.29, 0.717) is 0 Å². The van der Waals surface area contributed by atoms with Crippen LogP contribution in [0.4, 0.5) is 0 Å². The fourth-order valence-corrected chi connectivity index (χ4v) is 2.64. The molecule has 0 aliphatic carbocycles. The zero-order chi connectivity index (χ0) is 14.9. The van der Waals surface area contributed by atoms with Crippen LogP contribution in [0.5, 0.6) is 0 Å². The first-order valence-electron chi connectivity index (χ1n) is 5.73. The van der Waals surface area contributed by atoms with Crippen LogP contribution in [0.3, 0.4) is 0 Å². The number of carbonyl (C=O) groups is 3. The summed E-state index contributed by atoms with van der Waals surface area (Å²) in [6, 6.07) is -0.833. The van der Waals surface area contributed by atoms with Crippen molar-refractivity contribution in [1.29, 1.82) is 0 Å². The van der Waals surface area contributed by atoms with Gasteiger partial charge in [0.15, 0.2) is 5.16 Å². The van der Waals surface area contributed by atoms with Gasteiger partial charge in [-0.25, -0.2) is 9.89 Å². The summed E-state index contributed by atoms with van der Waals surface area (Å²) in [7, 11) is 1.35. The Kier molecular flexibility index (Phi) is 3.93. The predicted octanol–water partition coefficient (Wildman–Crippen LogP) is -0.932. The highest BCUT2D eigenvalue weighted by Crippen LogP contribution is 2.25. The monoisotopic (exact) mass is 300 g/mol. The molecule has 1 aromatic rings. The van der Waals surface area contributed by atoms with Crippen molar-refractivity contribution in [3.05, 3.63) is 10.5 Å². The van der Waals surface area contributed by atoms with Crippen LogP contribution >= 0.6 is 11.8 Å². The van der Waals surface area contributed by atoms with Crippen molar-refractivity contribution in [3.63, 3.8) is 0 Å². The maximum absolute atomic E-state index is 12.1. The molecule has 0 aromatic carbocycles. The van der Waals surface area contributed by atoms with E-state index in [0.717, 1.165) is 21.2 Å². The second-order valence-corrected chi connectivity index (χ2v) is 5.15. The molecule has 1 aromatic heterocycles. The summed E-state index contributed by atoms with van der Waals surface area (Å²) in [5.74, 6) is -2.14. The van der Waals surface area contributed by atoms with Gasteiger partial charge >= 0.3 is 11.7 Å². The van der Waals surface area contributed by atoms with Crippen molar-refractivity contribution < 1.29 is 19.5 Å². The number of nitrogens with zero attached hydrogens (tertiary/aromatic N) is 3. The number of carbonyl (C=O) groups excluding carboxylic acids is 2. The van der Waals surface area contributed by atoms with Gasteiger partial charge in [0.25, 0.3) is 5.91 Å². The van der Waals surface area contributed by atoms with Gasteiger partial charge in [-0.15, -0.1) is 5.10 Å². The van der Waals surface area contributed by atoms with E-state index in [9.17, 15) is 19.2 Å². The van der Waals surface area contributed by atoms with E-state index in [1.54, 1.807) is 0 Å². The molecule has 0 spiro atoms. The average molecular weight is 300 g/mol. The number of imide groups is 1.